The maximum atomic E-state index is 11.8. The first-order valence-corrected chi connectivity index (χ1v) is 6.23. The van der Waals surface area contributed by atoms with Gasteiger partial charge >= 0.3 is 5.97 Å². The Balaban J connectivity index is 2.36. The van der Waals surface area contributed by atoms with Crippen molar-refractivity contribution in [1.29, 1.82) is 0 Å². The summed E-state index contributed by atoms with van der Waals surface area (Å²) in [5.74, 6) is 0.851. The van der Waals surface area contributed by atoms with Crippen LogP contribution in [0.5, 0.6) is 5.75 Å². The molecule has 0 spiro atoms. The molecular formula is C14H19NO3. The van der Waals surface area contributed by atoms with Crippen molar-refractivity contribution in [2.75, 3.05) is 27.3 Å². The summed E-state index contributed by atoms with van der Waals surface area (Å²) in [6.07, 6.45) is 2.21. The molecule has 1 saturated heterocycles. The van der Waals surface area contributed by atoms with Crippen molar-refractivity contribution in [3.63, 3.8) is 0 Å². The van der Waals surface area contributed by atoms with E-state index in [4.69, 9.17) is 9.47 Å². The molecule has 0 saturated carbocycles. The third-order valence-electron chi connectivity index (χ3n) is 3.40. The molecule has 98 valence electrons. The van der Waals surface area contributed by atoms with Gasteiger partial charge < -0.3 is 14.8 Å². The highest BCUT2D eigenvalue weighted by atomic mass is 16.5. The van der Waals surface area contributed by atoms with Crippen LogP contribution < -0.4 is 10.1 Å². The molecule has 1 fully saturated rings. The maximum absolute atomic E-state index is 11.8. The van der Waals surface area contributed by atoms with Gasteiger partial charge in [-0.15, -0.1) is 0 Å². The number of hydrogen-bond donors (Lipinski definition) is 1. The second-order valence-corrected chi connectivity index (χ2v) is 4.49. The fourth-order valence-corrected chi connectivity index (χ4v) is 2.42. The van der Waals surface area contributed by atoms with Crippen LogP contribution in [0.15, 0.2) is 18.2 Å². The van der Waals surface area contributed by atoms with E-state index < -0.39 is 0 Å². The number of methoxy groups -OCH3 is 2. The molecule has 18 heavy (non-hydrogen) atoms. The number of ether oxygens (including phenoxy) is 2. The van der Waals surface area contributed by atoms with Gasteiger partial charge in [-0.2, -0.15) is 0 Å². The van der Waals surface area contributed by atoms with Gasteiger partial charge in [-0.25, -0.2) is 4.79 Å². The van der Waals surface area contributed by atoms with Crippen LogP contribution in [0.25, 0.3) is 0 Å². The summed E-state index contributed by atoms with van der Waals surface area (Å²) in [4.78, 5) is 11.8. The van der Waals surface area contributed by atoms with Crippen molar-refractivity contribution in [2.45, 2.75) is 18.8 Å². The number of nitrogens with one attached hydrogen (secondary N) is 1. The lowest BCUT2D eigenvalue weighted by atomic mass is 9.88. The van der Waals surface area contributed by atoms with Gasteiger partial charge in [-0.3, -0.25) is 0 Å². The fourth-order valence-electron chi connectivity index (χ4n) is 2.42. The largest absolute Gasteiger partial charge is 0.497 e. The van der Waals surface area contributed by atoms with E-state index in [2.05, 4.69) is 5.32 Å². The van der Waals surface area contributed by atoms with Gasteiger partial charge in [0, 0.05) is 6.54 Å². The predicted octanol–water partition coefficient (Wildman–Crippen LogP) is 1.95. The minimum absolute atomic E-state index is 0.279. The van der Waals surface area contributed by atoms with Gasteiger partial charge in [-0.1, -0.05) is 0 Å². The molecule has 4 nitrogen and oxygen atoms in total. The van der Waals surface area contributed by atoms with E-state index >= 15 is 0 Å². The molecule has 1 heterocycles. The van der Waals surface area contributed by atoms with Crippen molar-refractivity contribution in [3.8, 4) is 5.75 Å². The highest BCUT2D eigenvalue weighted by Crippen LogP contribution is 2.29. The van der Waals surface area contributed by atoms with Crippen molar-refractivity contribution in [1.82, 2.24) is 5.32 Å². The topological polar surface area (TPSA) is 47.6 Å². The molecule has 1 unspecified atom stereocenters. The van der Waals surface area contributed by atoms with Crippen molar-refractivity contribution in [3.05, 3.63) is 29.3 Å². The Labute approximate surface area is 107 Å². The van der Waals surface area contributed by atoms with E-state index in [0.717, 1.165) is 37.2 Å². The zero-order valence-electron chi connectivity index (χ0n) is 10.9. The van der Waals surface area contributed by atoms with E-state index in [9.17, 15) is 4.79 Å². The van der Waals surface area contributed by atoms with Crippen LogP contribution in [0, 0.1) is 0 Å². The van der Waals surface area contributed by atoms with Gasteiger partial charge in [0.15, 0.2) is 0 Å². The molecule has 1 aromatic rings. The van der Waals surface area contributed by atoms with Crippen LogP contribution in [-0.2, 0) is 4.74 Å². The van der Waals surface area contributed by atoms with Crippen LogP contribution in [0.3, 0.4) is 0 Å². The number of carbonyl (C=O) groups excluding carboxylic acids is 1. The standard InChI is InChI=1S/C14H19NO3/c1-17-11-5-6-12(14(16)18-2)13(8-11)10-4-3-7-15-9-10/h5-6,8,10,15H,3-4,7,9H2,1-2H3. The van der Waals surface area contributed by atoms with Gasteiger partial charge in [0.2, 0.25) is 0 Å². The summed E-state index contributed by atoms with van der Waals surface area (Å²) in [6, 6.07) is 5.53. The van der Waals surface area contributed by atoms with E-state index in [1.54, 1.807) is 19.2 Å². The maximum Gasteiger partial charge on any atom is 0.338 e. The molecule has 1 aromatic carbocycles. The fraction of sp³-hybridized carbons (Fsp3) is 0.500. The van der Waals surface area contributed by atoms with Crippen LogP contribution in [0.2, 0.25) is 0 Å². The minimum Gasteiger partial charge on any atom is -0.497 e. The Hall–Kier alpha value is -1.55. The Morgan fingerprint density at radius 2 is 2.22 bits per heavy atom. The number of esters is 1. The molecule has 1 atom stereocenters. The van der Waals surface area contributed by atoms with E-state index in [1.807, 2.05) is 6.07 Å². The third kappa shape index (κ3) is 2.64. The quantitative estimate of drug-likeness (QED) is 0.832. The Kier molecular flexibility index (Phi) is 4.20. The average Bonchev–Trinajstić information content (AvgIpc) is 2.46. The Morgan fingerprint density at radius 3 is 2.83 bits per heavy atom. The first kappa shape index (κ1) is 12.9. The summed E-state index contributed by atoms with van der Waals surface area (Å²) < 4.78 is 10.1. The second kappa shape index (κ2) is 5.87. The highest BCUT2D eigenvalue weighted by Gasteiger charge is 2.22. The molecule has 0 aromatic heterocycles. The monoisotopic (exact) mass is 249 g/mol. The van der Waals surface area contributed by atoms with Gasteiger partial charge in [0.1, 0.15) is 5.75 Å². The number of carbonyl (C=O) groups is 1. The lowest BCUT2D eigenvalue weighted by Crippen LogP contribution is -2.29. The average molecular weight is 249 g/mol. The number of rotatable bonds is 3. The lowest BCUT2D eigenvalue weighted by Gasteiger charge is -2.25. The highest BCUT2D eigenvalue weighted by molar-refractivity contribution is 5.91. The van der Waals surface area contributed by atoms with Crippen LogP contribution in [0.1, 0.15) is 34.7 Å². The summed E-state index contributed by atoms with van der Waals surface area (Å²) in [5.41, 5.74) is 1.67. The summed E-state index contributed by atoms with van der Waals surface area (Å²) in [5, 5.41) is 3.36. The van der Waals surface area contributed by atoms with Crippen LogP contribution >= 0.6 is 0 Å². The normalized spacial score (nSPS) is 19.3. The van der Waals surface area contributed by atoms with Gasteiger partial charge in [0.05, 0.1) is 19.8 Å². The zero-order chi connectivity index (χ0) is 13.0. The molecule has 0 bridgehead atoms. The molecule has 4 heteroatoms. The van der Waals surface area contributed by atoms with Crippen molar-refractivity contribution >= 4 is 5.97 Å². The third-order valence-corrected chi connectivity index (χ3v) is 3.40. The molecular weight excluding hydrogens is 230 g/mol. The summed E-state index contributed by atoms with van der Waals surface area (Å²) in [7, 11) is 3.05. The second-order valence-electron chi connectivity index (χ2n) is 4.49. The first-order valence-electron chi connectivity index (χ1n) is 6.23. The molecule has 1 aliphatic heterocycles. The minimum atomic E-state index is -0.279. The molecule has 0 radical (unpaired) electrons. The molecule has 1 aliphatic rings. The summed E-state index contributed by atoms with van der Waals surface area (Å²) >= 11 is 0. The summed E-state index contributed by atoms with van der Waals surface area (Å²) in [6.45, 7) is 1.95. The number of piperidine rings is 1. The smallest absolute Gasteiger partial charge is 0.338 e. The molecule has 0 aliphatic carbocycles. The van der Waals surface area contributed by atoms with Crippen molar-refractivity contribution in [2.24, 2.45) is 0 Å². The van der Waals surface area contributed by atoms with E-state index in [1.165, 1.54) is 7.11 Å². The van der Waals surface area contributed by atoms with E-state index in [0.29, 0.717) is 11.5 Å². The molecule has 0 amide bonds. The Morgan fingerprint density at radius 1 is 1.39 bits per heavy atom. The van der Waals surface area contributed by atoms with Crippen LogP contribution in [0.4, 0.5) is 0 Å². The SMILES string of the molecule is COC(=O)c1ccc(OC)cc1C1CCCNC1. The first-order chi connectivity index (χ1) is 8.76. The van der Waals surface area contributed by atoms with Crippen LogP contribution in [-0.4, -0.2) is 33.3 Å². The lowest BCUT2D eigenvalue weighted by molar-refractivity contribution is 0.0598. The van der Waals surface area contributed by atoms with Gasteiger partial charge in [-0.05, 0) is 49.1 Å². The Bertz CT molecular complexity index is 425. The number of hydrogen-bond acceptors (Lipinski definition) is 4. The predicted molar refractivity (Wildman–Crippen MR) is 69.2 cm³/mol. The van der Waals surface area contributed by atoms with Crippen molar-refractivity contribution < 1.29 is 14.3 Å². The van der Waals surface area contributed by atoms with E-state index in [-0.39, 0.29) is 5.97 Å². The number of benzene rings is 1. The molecule has 1 N–H and O–H groups in total. The molecule has 2 rings (SSSR count). The van der Waals surface area contributed by atoms with Gasteiger partial charge in [0.25, 0.3) is 0 Å². The zero-order valence-corrected chi connectivity index (χ0v) is 10.9.